The highest BCUT2D eigenvalue weighted by molar-refractivity contribution is 5.80. The zero-order valence-electron chi connectivity index (χ0n) is 9.14. The minimum Gasteiger partial charge on any atom is -0.359 e. The van der Waals surface area contributed by atoms with E-state index < -0.39 is 0 Å². The molecular formula is C10H19N3O2. The Kier molecular flexibility index (Phi) is 5.10. The third-order valence-electron chi connectivity index (χ3n) is 2.60. The van der Waals surface area contributed by atoms with Crippen LogP contribution < -0.4 is 16.0 Å². The van der Waals surface area contributed by atoms with Crippen molar-refractivity contribution in [1.82, 2.24) is 16.0 Å². The van der Waals surface area contributed by atoms with Gasteiger partial charge in [0.05, 0.1) is 5.92 Å². The number of rotatable bonds is 4. The first-order chi connectivity index (χ1) is 7.24. The molecule has 86 valence electrons. The van der Waals surface area contributed by atoms with Gasteiger partial charge in [0.1, 0.15) is 0 Å². The van der Waals surface area contributed by atoms with Gasteiger partial charge >= 0.3 is 0 Å². The molecular weight excluding hydrogens is 194 g/mol. The number of carbonyl (C=O) groups is 2. The summed E-state index contributed by atoms with van der Waals surface area (Å²) in [5, 5.41) is 8.48. The summed E-state index contributed by atoms with van der Waals surface area (Å²) >= 11 is 0. The highest BCUT2D eigenvalue weighted by Crippen LogP contribution is 2.09. The van der Waals surface area contributed by atoms with Gasteiger partial charge in [0.2, 0.25) is 11.8 Å². The van der Waals surface area contributed by atoms with Gasteiger partial charge in [-0.1, -0.05) is 0 Å². The van der Waals surface area contributed by atoms with E-state index in [1.54, 1.807) is 7.05 Å². The Morgan fingerprint density at radius 1 is 1.47 bits per heavy atom. The van der Waals surface area contributed by atoms with Crippen LogP contribution in [0.2, 0.25) is 0 Å². The average Bonchev–Trinajstić information content (AvgIpc) is 2.29. The Morgan fingerprint density at radius 2 is 2.27 bits per heavy atom. The molecule has 0 aromatic rings. The maximum atomic E-state index is 11.6. The van der Waals surface area contributed by atoms with E-state index in [4.69, 9.17) is 0 Å². The molecule has 1 heterocycles. The summed E-state index contributed by atoms with van der Waals surface area (Å²) in [4.78, 5) is 22.5. The van der Waals surface area contributed by atoms with Crippen LogP contribution in [-0.4, -0.2) is 38.5 Å². The molecule has 1 aliphatic heterocycles. The molecule has 3 N–H and O–H groups in total. The maximum absolute atomic E-state index is 11.6. The summed E-state index contributed by atoms with van der Waals surface area (Å²) < 4.78 is 0. The van der Waals surface area contributed by atoms with Crippen molar-refractivity contribution in [3.63, 3.8) is 0 Å². The number of nitrogens with one attached hydrogen (secondary N) is 3. The van der Waals surface area contributed by atoms with E-state index in [9.17, 15) is 9.59 Å². The van der Waals surface area contributed by atoms with E-state index in [-0.39, 0.29) is 17.7 Å². The lowest BCUT2D eigenvalue weighted by molar-refractivity contribution is -0.125. The lowest BCUT2D eigenvalue weighted by Gasteiger charge is -2.21. The molecule has 1 saturated heterocycles. The number of piperidine rings is 1. The minimum absolute atomic E-state index is 0.0444. The molecule has 0 spiro atoms. The lowest BCUT2D eigenvalue weighted by Crippen LogP contribution is -2.41. The molecule has 0 saturated carbocycles. The monoisotopic (exact) mass is 213 g/mol. The molecule has 5 nitrogen and oxygen atoms in total. The van der Waals surface area contributed by atoms with Crippen molar-refractivity contribution < 1.29 is 9.59 Å². The second-order valence-corrected chi connectivity index (χ2v) is 3.76. The average molecular weight is 213 g/mol. The highest BCUT2D eigenvalue weighted by atomic mass is 16.2. The smallest absolute Gasteiger partial charge is 0.224 e. The number of hydrogen-bond acceptors (Lipinski definition) is 3. The Labute approximate surface area is 90.0 Å². The normalized spacial score (nSPS) is 20.7. The number of hydrogen-bond donors (Lipinski definition) is 3. The third kappa shape index (κ3) is 4.29. The summed E-state index contributed by atoms with van der Waals surface area (Å²) in [5.74, 6) is 0.0895. The summed E-state index contributed by atoms with van der Waals surface area (Å²) in [6.45, 7) is 2.18. The topological polar surface area (TPSA) is 70.2 Å². The van der Waals surface area contributed by atoms with Crippen LogP contribution in [0.15, 0.2) is 0 Å². The molecule has 1 aliphatic rings. The first-order valence-electron chi connectivity index (χ1n) is 5.43. The summed E-state index contributed by atoms with van der Waals surface area (Å²) in [6, 6.07) is 0. The zero-order chi connectivity index (χ0) is 11.1. The SMILES string of the molecule is CNC(=O)CCNC(=O)C1CCCNC1. The maximum Gasteiger partial charge on any atom is 0.224 e. The molecule has 1 atom stereocenters. The van der Waals surface area contributed by atoms with Crippen molar-refractivity contribution in [2.75, 3.05) is 26.7 Å². The van der Waals surface area contributed by atoms with Gasteiger partial charge in [0.15, 0.2) is 0 Å². The Balaban J connectivity index is 2.14. The fourth-order valence-electron chi connectivity index (χ4n) is 1.64. The molecule has 1 rings (SSSR count). The first kappa shape index (κ1) is 12.0. The van der Waals surface area contributed by atoms with Gasteiger partial charge in [0, 0.05) is 26.6 Å². The van der Waals surface area contributed by atoms with E-state index in [0.717, 1.165) is 25.9 Å². The van der Waals surface area contributed by atoms with Gasteiger partial charge in [-0.15, -0.1) is 0 Å². The van der Waals surface area contributed by atoms with Gasteiger partial charge in [-0.25, -0.2) is 0 Å². The van der Waals surface area contributed by atoms with Crippen LogP contribution in [0.4, 0.5) is 0 Å². The molecule has 0 radical (unpaired) electrons. The summed E-state index contributed by atoms with van der Waals surface area (Å²) in [6.07, 6.45) is 2.34. The van der Waals surface area contributed by atoms with E-state index in [1.807, 2.05) is 0 Å². The fraction of sp³-hybridized carbons (Fsp3) is 0.800. The summed E-state index contributed by atoms with van der Waals surface area (Å²) in [7, 11) is 1.59. The van der Waals surface area contributed by atoms with Gasteiger partial charge < -0.3 is 16.0 Å². The summed E-state index contributed by atoms with van der Waals surface area (Å²) in [5.41, 5.74) is 0. The van der Waals surface area contributed by atoms with Crippen molar-refractivity contribution in [1.29, 1.82) is 0 Å². The molecule has 0 aliphatic carbocycles. The van der Waals surface area contributed by atoms with Crippen molar-refractivity contribution >= 4 is 11.8 Å². The molecule has 1 unspecified atom stereocenters. The number of carbonyl (C=O) groups excluding carboxylic acids is 2. The van der Waals surface area contributed by atoms with Crippen molar-refractivity contribution in [3.05, 3.63) is 0 Å². The standard InChI is InChI=1S/C10H19N3O2/c1-11-9(14)4-6-13-10(15)8-3-2-5-12-7-8/h8,12H,2-7H2,1H3,(H,11,14)(H,13,15). The fourth-order valence-corrected chi connectivity index (χ4v) is 1.64. The van der Waals surface area contributed by atoms with Crippen LogP contribution >= 0.6 is 0 Å². The van der Waals surface area contributed by atoms with E-state index in [1.165, 1.54) is 0 Å². The molecule has 5 heteroatoms. The zero-order valence-corrected chi connectivity index (χ0v) is 9.14. The molecule has 0 aromatic carbocycles. The molecule has 1 fully saturated rings. The predicted octanol–water partition coefficient (Wildman–Crippen LogP) is -0.762. The van der Waals surface area contributed by atoms with Gasteiger partial charge in [-0.05, 0) is 19.4 Å². The van der Waals surface area contributed by atoms with E-state index in [0.29, 0.717) is 13.0 Å². The minimum atomic E-state index is -0.0444. The molecule has 2 amide bonds. The van der Waals surface area contributed by atoms with Crippen molar-refractivity contribution in [2.45, 2.75) is 19.3 Å². The van der Waals surface area contributed by atoms with Gasteiger partial charge in [-0.2, -0.15) is 0 Å². The van der Waals surface area contributed by atoms with Crippen LogP contribution in [0.25, 0.3) is 0 Å². The lowest BCUT2D eigenvalue weighted by atomic mass is 9.99. The van der Waals surface area contributed by atoms with Crippen LogP contribution in [0, 0.1) is 5.92 Å². The first-order valence-corrected chi connectivity index (χ1v) is 5.43. The third-order valence-corrected chi connectivity index (χ3v) is 2.60. The second kappa shape index (κ2) is 6.40. The molecule has 0 bridgehead atoms. The highest BCUT2D eigenvalue weighted by Gasteiger charge is 2.20. The molecule has 0 aromatic heterocycles. The second-order valence-electron chi connectivity index (χ2n) is 3.76. The van der Waals surface area contributed by atoms with Gasteiger partial charge in [0.25, 0.3) is 0 Å². The quantitative estimate of drug-likeness (QED) is 0.575. The van der Waals surface area contributed by atoms with Crippen molar-refractivity contribution in [2.24, 2.45) is 5.92 Å². The van der Waals surface area contributed by atoms with Crippen LogP contribution in [0.1, 0.15) is 19.3 Å². The Bertz CT molecular complexity index is 225. The number of amides is 2. The van der Waals surface area contributed by atoms with Crippen LogP contribution in [0.3, 0.4) is 0 Å². The van der Waals surface area contributed by atoms with E-state index >= 15 is 0 Å². The Hall–Kier alpha value is -1.10. The van der Waals surface area contributed by atoms with Crippen LogP contribution in [0.5, 0.6) is 0 Å². The Morgan fingerprint density at radius 3 is 2.87 bits per heavy atom. The molecule has 15 heavy (non-hydrogen) atoms. The van der Waals surface area contributed by atoms with Crippen molar-refractivity contribution in [3.8, 4) is 0 Å². The van der Waals surface area contributed by atoms with Crippen LogP contribution in [-0.2, 0) is 9.59 Å². The van der Waals surface area contributed by atoms with Gasteiger partial charge in [-0.3, -0.25) is 9.59 Å². The largest absolute Gasteiger partial charge is 0.359 e. The van der Waals surface area contributed by atoms with E-state index in [2.05, 4.69) is 16.0 Å². The predicted molar refractivity (Wildman–Crippen MR) is 57.3 cm³/mol.